The number of Topliss-reactive ketones (excluding diaryl/α,β-unsaturated/α-hetero) is 1. The van der Waals surface area contributed by atoms with E-state index in [-0.39, 0.29) is 18.1 Å². The van der Waals surface area contributed by atoms with E-state index in [0.717, 1.165) is 5.56 Å². The number of carbonyl (C=O) groups is 2. The molecule has 154 valence electrons. The van der Waals surface area contributed by atoms with Crippen molar-refractivity contribution in [2.75, 3.05) is 0 Å². The first-order valence-corrected chi connectivity index (χ1v) is 9.44. The molecular weight excluding hydrogens is 384 g/mol. The summed E-state index contributed by atoms with van der Waals surface area (Å²) in [6.45, 7) is 5.05. The Kier molecular flexibility index (Phi) is 6.11. The molecule has 0 spiro atoms. The second-order valence-electron chi connectivity index (χ2n) is 7.10. The van der Waals surface area contributed by atoms with Gasteiger partial charge < -0.3 is 10.1 Å². The molecule has 1 unspecified atom stereocenters. The predicted molar refractivity (Wildman–Crippen MR) is 111 cm³/mol. The Morgan fingerprint density at radius 1 is 1.00 bits per heavy atom. The summed E-state index contributed by atoms with van der Waals surface area (Å²) in [5.74, 6) is -1.41. The summed E-state index contributed by atoms with van der Waals surface area (Å²) in [5.41, 5.74) is 3.36. The van der Waals surface area contributed by atoms with Gasteiger partial charge in [-0.2, -0.15) is 0 Å². The molecule has 7 heteroatoms. The maximum absolute atomic E-state index is 13.1. The van der Waals surface area contributed by atoms with Gasteiger partial charge in [-0.05, 0) is 31.9 Å². The molecule has 7 nitrogen and oxygen atoms in total. The van der Waals surface area contributed by atoms with Crippen molar-refractivity contribution in [1.29, 1.82) is 0 Å². The number of carbonyl (C=O) groups excluding carboxylic acids is 2. The molecular formula is C23H22N2O5. The number of ketones is 1. The SMILES string of the molecule is CC(=O)C1=C(C)NC(C)=C(C(=O)OCc2ccccc2)C1c1ccc([N+](=O)[O-])cc1. The van der Waals surface area contributed by atoms with Gasteiger partial charge in [0.2, 0.25) is 0 Å². The topological polar surface area (TPSA) is 98.5 Å². The molecule has 0 aromatic heterocycles. The van der Waals surface area contributed by atoms with Gasteiger partial charge in [0.25, 0.3) is 5.69 Å². The van der Waals surface area contributed by atoms with Crippen molar-refractivity contribution >= 4 is 17.4 Å². The second-order valence-corrected chi connectivity index (χ2v) is 7.10. The first-order valence-electron chi connectivity index (χ1n) is 9.44. The van der Waals surface area contributed by atoms with Gasteiger partial charge in [-0.25, -0.2) is 4.79 Å². The zero-order valence-corrected chi connectivity index (χ0v) is 17.0. The van der Waals surface area contributed by atoms with Gasteiger partial charge in [0, 0.05) is 35.0 Å². The lowest BCUT2D eigenvalue weighted by Gasteiger charge is -2.30. The summed E-state index contributed by atoms with van der Waals surface area (Å²) in [6, 6.07) is 15.2. The van der Waals surface area contributed by atoms with Crippen LogP contribution in [0.25, 0.3) is 0 Å². The summed E-state index contributed by atoms with van der Waals surface area (Å²) >= 11 is 0. The molecule has 0 saturated heterocycles. The Morgan fingerprint density at radius 3 is 2.17 bits per heavy atom. The fraction of sp³-hybridized carbons (Fsp3) is 0.217. The fourth-order valence-corrected chi connectivity index (χ4v) is 3.65. The molecule has 30 heavy (non-hydrogen) atoms. The quantitative estimate of drug-likeness (QED) is 0.439. The minimum atomic E-state index is -0.673. The molecule has 3 rings (SSSR count). The van der Waals surface area contributed by atoms with Crippen LogP contribution in [0.2, 0.25) is 0 Å². The maximum Gasteiger partial charge on any atom is 0.337 e. The largest absolute Gasteiger partial charge is 0.457 e. The highest BCUT2D eigenvalue weighted by Crippen LogP contribution is 2.39. The van der Waals surface area contributed by atoms with E-state index in [4.69, 9.17) is 4.74 Å². The minimum Gasteiger partial charge on any atom is -0.457 e. The van der Waals surface area contributed by atoms with Crippen molar-refractivity contribution in [3.63, 3.8) is 0 Å². The highest BCUT2D eigenvalue weighted by molar-refractivity contribution is 6.02. The van der Waals surface area contributed by atoms with E-state index in [9.17, 15) is 19.7 Å². The summed E-state index contributed by atoms with van der Waals surface area (Å²) < 4.78 is 5.54. The number of nitro benzene ring substituents is 1. The number of rotatable bonds is 6. The third kappa shape index (κ3) is 4.30. The molecule has 1 heterocycles. The molecule has 0 amide bonds. The second kappa shape index (κ2) is 8.73. The Balaban J connectivity index is 1.99. The van der Waals surface area contributed by atoms with Gasteiger partial charge in [-0.15, -0.1) is 0 Å². The number of ether oxygens (including phenoxy) is 1. The molecule has 1 aliphatic heterocycles. The van der Waals surface area contributed by atoms with Crippen LogP contribution < -0.4 is 5.32 Å². The molecule has 2 aromatic rings. The lowest BCUT2D eigenvalue weighted by atomic mass is 9.79. The molecule has 1 aliphatic rings. The minimum absolute atomic E-state index is 0.0633. The van der Waals surface area contributed by atoms with Crippen LogP contribution >= 0.6 is 0 Å². The fourth-order valence-electron chi connectivity index (χ4n) is 3.65. The van der Waals surface area contributed by atoms with E-state index >= 15 is 0 Å². The number of non-ortho nitro benzene ring substituents is 1. The molecule has 0 saturated carbocycles. The number of dihydropyridines is 1. The normalized spacial score (nSPS) is 16.2. The summed E-state index contributed by atoms with van der Waals surface area (Å²) in [7, 11) is 0. The highest BCUT2D eigenvalue weighted by Gasteiger charge is 2.36. The van der Waals surface area contributed by atoms with Gasteiger partial charge in [-0.3, -0.25) is 14.9 Å². The van der Waals surface area contributed by atoms with Gasteiger partial charge >= 0.3 is 5.97 Å². The third-order valence-corrected chi connectivity index (χ3v) is 5.01. The number of nitro groups is 1. The zero-order chi connectivity index (χ0) is 21.8. The first-order chi connectivity index (χ1) is 14.3. The average Bonchev–Trinajstić information content (AvgIpc) is 2.72. The van der Waals surface area contributed by atoms with E-state index in [1.807, 2.05) is 30.3 Å². The Labute approximate surface area is 174 Å². The lowest BCUT2D eigenvalue weighted by Crippen LogP contribution is -2.31. The highest BCUT2D eigenvalue weighted by atomic mass is 16.6. The average molecular weight is 406 g/mol. The van der Waals surface area contributed by atoms with E-state index < -0.39 is 16.8 Å². The van der Waals surface area contributed by atoms with Crippen LogP contribution in [0.15, 0.2) is 77.1 Å². The van der Waals surface area contributed by atoms with Gasteiger partial charge in [-0.1, -0.05) is 42.5 Å². The predicted octanol–water partition coefficient (Wildman–Crippen LogP) is 4.16. The first kappa shape index (κ1) is 21.0. The summed E-state index contributed by atoms with van der Waals surface area (Å²) in [5, 5.41) is 14.1. The number of allylic oxidation sites excluding steroid dienone is 3. The number of hydrogen-bond donors (Lipinski definition) is 1. The van der Waals surface area contributed by atoms with E-state index in [1.54, 1.807) is 26.0 Å². The standard InChI is InChI=1S/C23H22N2O5/c1-14-20(16(3)26)22(18-9-11-19(12-10-18)25(28)29)21(15(2)24-14)23(27)30-13-17-7-5-4-6-8-17/h4-12,22,24H,13H2,1-3H3. The Morgan fingerprint density at radius 2 is 1.60 bits per heavy atom. The number of nitrogens with one attached hydrogen (secondary N) is 1. The van der Waals surface area contributed by atoms with Crippen LogP contribution in [-0.4, -0.2) is 16.7 Å². The monoisotopic (exact) mass is 406 g/mol. The molecule has 0 bridgehead atoms. The molecule has 1 N–H and O–H groups in total. The van der Waals surface area contributed by atoms with Crippen molar-refractivity contribution in [2.24, 2.45) is 0 Å². The van der Waals surface area contributed by atoms with Crippen LogP contribution in [0.1, 0.15) is 37.8 Å². The van der Waals surface area contributed by atoms with Gasteiger partial charge in [0.15, 0.2) is 5.78 Å². The van der Waals surface area contributed by atoms with Gasteiger partial charge in [0.1, 0.15) is 6.61 Å². The van der Waals surface area contributed by atoms with E-state index in [2.05, 4.69) is 5.32 Å². The summed E-state index contributed by atoms with van der Waals surface area (Å²) in [4.78, 5) is 36.0. The van der Waals surface area contributed by atoms with Crippen LogP contribution in [0, 0.1) is 10.1 Å². The molecule has 0 radical (unpaired) electrons. The smallest absolute Gasteiger partial charge is 0.337 e. The Bertz CT molecular complexity index is 1050. The number of esters is 1. The number of hydrogen-bond acceptors (Lipinski definition) is 6. The maximum atomic E-state index is 13.1. The van der Waals surface area contributed by atoms with Crippen LogP contribution in [-0.2, 0) is 20.9 Å². The van der Waals surface area contributed by atoms with Crippen LogP contribution in [0.3, 0.4) is 0 Å². The number of nitrogens with zero attached hydrogens (tertiary/aromatic N) is 1. The molecule has 0 fully saturated rings. The van der Waals surface area contributed by atoms with E-state index in [1.165, 1.54) is 19.1 Å². The molecule has 0 aliphatic carbocycles. The van der Waals surface area contributed by atoms with Crippen LogP contribution in [0.4, 0.5) is 5.69 Å². The lowest BCUT2D eigenvalue weighted by molar-refractivity contribution is -0.384. The Hall–Kier alpha value is -3.74. The van der Waals surface area contributed by atoms with Crippen molar-refractivity contribution in [3.8, 4) is 0 Å². The van der Waals surface area contributed by atoms with E-state index in [0.29, 0.717) is 28.1 Å². The summed E-state index contributed by atoms with van der Waals surface area (Å²) in [6.07, 6.45) is 0. The van der Waals surface area contributed by atoms with Gasteiger partial charge in [0.05, 0.1) is 10.5 Å². The van der Waals surface area contributed by atoms with Crippen molar-refractivity contribution in [3.05, 3.63) is 98.4 Å². The third-order valence-electron chi connectivity index (χ3n) is 5.01. The van der Waals surface area contributed by atoms with Crippen molar-refractivity contribution < 1.29 is 19.2 Å². The van der Waals surface area contributed by atoms with Crippen molar-refractivity contribution in [2.45, 2.75) is 33.3 Å². The van der Waals surface area contributed by atoms with Crippen LogP contribution in [0.5, 0.6) is 0 Å². The number of benzene rings is 2. The molecule has 1 atom stereocenters. The van der Waals surface area contributed by atoms with Crippen molar-refractivity contribution in [1.82, 2.24) is 5.32 Å². The zero-order valence-electron chi connectivity index (χ0n) is 17.0. The molecule has 2 aromatic carbocycles.